The average Bonchev–Trinajstić information content (AvgIpc) is 2.74. The van der Waals surface area contributed by atoms with E-state index in [1.807, 2.05) is 18.4 Å². The molecule has 1 aromatic heterocycles. The summed E-state index contributed by atoms with van der Waals surface area (Å²) in [5, 5.41) is 4.61. The first-order valence-electron chi connectivity index (χ1n) is 7.17. The number of thiophene rings is 1. The van der Waals surface area contributed by atoms with Gasteiger partial charge in [-0.1, -0.05) is 13.8 Å². The van der Waals surface area contributed by atoms with Crippen LogP contribution < -0.4 is 14.8 Å². The van der Waals surface area contributed by atoms with E-state index in [2.05, 4.69) is 31.3 Å². The van der Waals surface area contributed by atoms with Crippen molar-refractivity contribution in [2.75, 3.05) is 20.3 Å². The molecule has 0 aliphatic carbocycles. The first kappa shape index (κ1) is 13.7. The van der Waals surface area contributed by atoms with Crippen LogP contribution >= 0.6 is 11.3 Å². The van der Waals surface area contributed by atoms with Crippen LogP contribution in [0.1, 0.15) is 24.3 Å². The summed E-state index contributed by atoms with van der Waals surface area (Å²) < 4.78 is 12.7. The van der Waals surface area contributed by atoms with Gasteiger partial charge in [0.2, 0.25) is 0 Å². The van der Waals surface area contributed by atoms with Crippen LogP contribution in [0.3, 0.4) is 0 Å². The predicted octanol–water partition coefficient (Wildman–Crippen LogP) is 3.59. The third-order valence-electron chi connectivity index (χ3n) is 3.49. The lowest BCUT2D eigenvalue weighted by molar-refractivity contribution is 0.172. The highest BCUT2D eigenvalue weighted by atomic mass is 32.1. The van der Waals surface area contributed by atoms with Crippen LogP contribution in [-0.4, -0.2) is 20.3 Å². The van der Waals surface area contributed by atoms with E-state index in [9.17, 15) is 0 Å². The van der Waals surface area contributed by atoms with E-state index in [4.69, 9.17) is 9.47 Å². The lowest BCUT2D eigenvalue weighted by Crippen LogP contribution is -2.15. The van der Waals surface area contributed by atoms with Gasteiger partial charge in [-0.25, -0.2) is 0 Å². The largest absolute Gasteiger partial charge is 0.486 e. The Kier molecular flexibility index (Phi) is 3.85. The Morgan fingerprint density at radius 1 is 1.20 bits per heavy atom. The van der Waals surface area contributed by atoms with Gasteiger partial charge in [-0.2, -0.15) is 0 Å². The Hall–Kier alpha value is -1.26. The van der Waals surface area contributed by atoms with Crippen LogP contribution in [0, 0.1) is 5.92 Å². The van der Waals surface area contributed by atoms with Crippen molar-refractivity contribution >= 4 is 21.4 Å². The number of ether oxygens (including phenoxy) is 2. The molecule has 0 spiro atoms. The molecule has 2 aromatic rings. The molecule has 0 unspecified atom stereocenters. The van der Waals surface area contributed by atoms with Gasteiger partial charge in [0.1, 0.15) is 13.2 Å². The number of fused-ring (bicyclic) bond motifs is 2. The second kappa shape index (κ2) is 5.62. The van der Waals surface area contributed by atoms with Crippen molar-refractivity contribution in [1.29, 1.82) is 0 Å². The van der Waals surface area contributed by atoms with Gasteiger partial charge in [-0.3, -0.25) is 0 Å². The van der Waals surface area contributed by atoms with Crippen LogP contribution in [-0.2, 0) is 13.0 Å². The van der Waals surface area contributed by atoms with E-state index in [-0.39, 0.29) is 0 Å². The molecule has 20 heavy (non-hydrogen) atoms. The SMILES string of the molecule is CNCc1sc2cc3c(cc2c1CC(C)C)OCCO3. The van der Waals surface area contributed by atoms with E-state index in [0.717, 1.165) is 24.5 Å². The van der Waals surface area contributed by atoms with Gasteiger partial charge < -0.3 is 14.8 Å². The van der Waals surface area contributed by atoms with E-state index < -0.39 is 0 Å². The average molecular weight is 291 g/mol. The lowest BCUT2D eigenvalue weighted by Gasteiger charge is -2.18. The van der Waals surface area contributed by atoms with Crippen LogP contribution in [0.25, 0.3) is 10.1 Å². The molecule has 0 radical (unpaired) electrons. The Labute approximate surface area is 123 Å². The number of benzene rings is 1. The molecule has 0 saturated heterocycles. The zero-order valence-electron chi connectivity index (χ0n) is 12.3. The molecule has 4 heteroatoms. The molecule has 2 heterocycles. The fourth-order valence-electron chi connectivity index (χ4n) is 2.67. The highest BCUT2D eigenvalue weighted by Crippen LogP contribution is 2.41. The first-order valence-corrected chi connectivity index (χ1v) is 7.99. The Morgan fingerprint density at radius 3 is 2.55 bits per heavy atom. The molecule has 0 atom stereocenters. The van der Waals surface area contributed by atoms with Crippen LogP contribution in [0.15, 0.2) is 12.1 Å². The molecule has 3 rings (SSSR count). The summed E-state index contributed by atoms with van der Waals surface area (Å²) in [7, 11) is 2.00. The van der Waals surface area contributed by atoms with E-state index >= 15 is 0 Å². The number of hydrogen-bond donors (Lipinski definition) is 1. The van der Waals surface area contributed by atoms with Gasteiger partial charge in [0.05, 0.1) is 0 Å². The van der Waals surface area contributed by atoms with Gasteiger partial charge in [0.15, 0.2) is 11.5 Å². The third-order valence-corrected chi connectivity index (χ3v) is 4.68. The minimum absolute atomic E-state index is 0.644. The maximum Gasteiger partial charge on any atom is 0.162 e. The number of hydrogen-bond acceptors (Lipinski definition) is 4. The molecule has 108 valence electrons. The van der Waals surface area contributed by atoms with Crippen LogP contribution in [0.4, 0.5) is 0 Å². The summed E-state index contributed by atoms with van der Waals surface area (Å²) in [6.07, 6.45) is 1.11. The molecule has 0 amide bonds. The smallest absolute Gasteiger partial charge is 0.162 e. The molecule has 1 aliphatic heterocycles. The van der Waals surface area contributed by atoms with E-state index in [0.29, 0.717) is 19.1 Å². The van der Waals surface area contributed by atoms with Gasteiger partial charge in [-0.15, -0.1) is 11.3 Å². The second-order valence-electron chi connectivity index (χ2n) is 5.62. The molecule has 1 aromatic carbocycles. The Balaban J connectivity index is 2.13. The van der Waals surface area contributed by atoms with Gasteiger partial charge in [-0.05, 0) is 36.4 Å². The zero-order chi connectivity index (χ0) is 14.1. The monoisotopic (exact) mass is 291 g/mol. The van der Waals surface area contributed by atoms with Crippen molar-refractivity contribution < 1.29 is 9.47 Å². The minimum atomic E-state index is 0.644. The summed E-state index contributed by atoms with van der Waals surface area (Å²) >= 11 is 1.87. The summed E-state index contributed by atoms with van der Waals surface area (Å²) in [6, 6.07) is 4.30. The normalized spacial score (nSPS) is 14.2. The predicted molar refractivity (Wildman–Crippen MR) is 84.1 cm³/mol. The zero-order valence-corrected chi connectivity index (χ0v) is 13.1. The Morgan fingerprint density at radius 2 is 1.90 bits per heavy atom. The maximum atomic E-state index is 5.72. The van der Waals surface area contributed by atoms with Crippen LogP contribution in [0.5, 0.6) is 11.5 Å². The topological polar surface area (TPSA) is 30.5 Å². The first-order chi connectivity index (χ1) is 9.69. The van der Waals surface area contributed by atoms with Gasteiger partial charge in [0.25, 0.3) is 0 Å². The molecule has 1 aliphatic rings. The van der Waals surface area contributed by atoms with Gasteiger partial charge >= 0.3 is 0 Å². The highest BCUT2D eigenvalue weighted by Gasteiger charge is 2.18. The molecule has 0 fully saturated rings. The van der Waals surface area contributed by atoms with Gasteiger partial charge in [0, 0.05) is 22.2 Å². The Bertz CT molecular complexity index is 618. The number of rotatable bonds is 4. The summed E-state index contributed by atoms with van der Waals surface area (Å²) in [6.45, 7) is 6.75. The molecule has 1 N–H and O–H groups in total. The highest BCUT2D eigenvalue weighted by molar-refractivity contribution is 7.19. The minimum Gasteiger partial charge on any atom is -0.486 e. The summed E-state index contributed by atoms with van der Waals surface area (Å²) in [4.78, 5) is 1.43. The standard InChI is InChI=1S/C16H21NO2S/c1-10(2)6-11-12-7-13-14(19-5-4-18-13)8-15(12)20-16(11)9-17-3/h7-8,10,17H,4-6,9H2,1-3H3. The molecule has 0 bridgehead atoms. The van der Waals surface area contributed by atoms with Crippen molar-refractivity contribution in [1.82, 2.24) is 5.32 Å². The van der Waals surface area contributed by atoms with Crippen molar-refractivity contribution in [2.24, 2.45) is 5.92 Å². The number of nitrogens with one attached hydrogen (secondary N) is 1. The molecule has 0 saturated carbocycles. The van der Waals surface area contributed by atoms with Crippen molar-refractivity contribution in [2.45, 2.75) is 26.8 Å². The van der Waals surface area contributed by atoms with Crippen molar-refractivity contribution in [3.05, 3.63) is 22.6 Å². The fourth-order valence-corrected chi connectivity index (χ4v) is 3.93. The summed E-state index contributed by atoms with van der Waals surface area (Å²) in [5.74, 6) is 2.43. The molecule has 3 nitrogen and oxygen atoms in total. The van der Waals surface area contributed by atoms with E-state index in [1.165, 1.54) is 20.5 Å². The summed E-state index contributed by atoms with van der Waals surface area (Å²) in [5.41, 5.74) is 1.46. The van der Waals surface area contributed by atoms with E-state index in [1.54, 1.807) is 0 Å². The fraction of sp³-hybridized carbons (Fsp3) is 0.500. The maximum absolute atomic E-state index is 5.72. The molecular formula is C16H21NO2S. The van der Waals surface area contributed by atoms with Crippen molar-refractivity contribution in [3.8, 4) is 11.5 Å². The van der Waals surface area contributed by atoms with Crippen molar-refractivity contribution in [3.63, 3.8) is 0 Å². The van der Waals surface area contributed by atoms with Crippen LogP contribution in [0.2, 0.25) is 0 Å². The third kappa shape index (κ3) is 2.50. The molecular weight excluding hydrogens is 270 g/mol. The lowest BCUT2D eigenvalue weighted by atomic mass is 9.99. The quantitative estimate of drug-likeness (QED) is 0.934. The second-order valence-corrected chi connectivity index (χ2v) is 6.76.